The standard InChI is InChI=1S/C10H14BFO2/c1-7(2)14-8-4-5-10(12)9(6-8)11(3)13/h4-7,13H,1-3H3. The average molecular weight is 196 g/mol. The molecule has 1 rings (SSSR count). The van der Waals surface area contributed by atoms with Gasteiger partial charge in [0, 0.05) is 0 Å². The van der Waals surface area contributed by atoms with Crippen molar-refractivity contribution < 1.29 is 14.2 Å². The molecule has 76 valence electrons. The second-order valence-corrected chi connectivity index (χ2v) is 3.53. The molecule has 1 aromatic rings. The van der Waals surface area contributed by atoms with Gasteiger partial charge < -0.3 is 9.76 Å². The Bertz CT molecular complexity index is 313. The molecular weight excluding hydrogens is 182 g/mol. The highest BCUT2D eigenvalue weighted by atomic mass is 19.1. The van der Waals surface area contributed by atoms with Crippen molar-refractivity contribution in [2.75, 3.05) is 0 Å². The molecule has 0 spiro atoms. The van der Waals surface area contributed by atoms with Crippen molar-refractivity contribution >= 4 is 12.4 Å². The van der Waals surface area contributed by atoms with Gasteiger partial charge in [-0.2, -0.15) is 0 Å². The first kappa shape index (κ1) is 11.1. The van der Waals surface area contributed by atoms with Crippen LogP contribution in [0.1, 0.15) is 13.8 Å². The van der Waals surface area contributed by atoms with Crippen LogP contribution < -0.4 is 10.2 Å². The van der Waals surface area contributed by atoms with E-state index in [-0.39, 0.29) is 11.6 Å². The molecule has 0 atom stereocenters. The molecule has 0 radical (unpaired) electrons. The van der Waals surface area contributed by atoms with E-state index in [1.54, 1.807) is 6.07 Å². The van der Waals surface area contributed by atoms with Crippen molar-refractivity contribution in [1.82, 2.24) is 0 Å². The van der Waals surface area contributed by atoms with E-state index in [2.05, 4.69) is 0 Å². The topological polar surface area (TPSA) is 29.5 Å². The highest BCUT2D eigenvalue weighted by molar-refractivity contribution is 6.64. The summed E-state index contributed by atoms with van der Waals surface area (Å²) in [5, 5.41) is 9.27. The third-order valence-electron chi connectivity index (χ3n) is 1.79. The van der Waals surface area contributed by atoms with Gasteiger partial charge in [-0.1, -0.05) is 6.82 Å². The Morgan fingerprint density at radius 1 is 1.43 bits per heavy atom. The summed E-state index contributed by atoms with van der Waals surface area (Å²) < 4.78 is 18.5. The summed E-state index contributed by atoms with van der Waals surface area (Å²) in [6.45, 7) is 4.50. The predicted octanol–water partition coefficient (Wildman–Crippen LogP) is 1.43. The Hall–Kier alpha value is -1.03. The zero-order chi connectivity index (χ0) is 10.7. The first-order chi connectivity index (χ1) is 6.50. The summed E-state index contributed by atoms with van der Waals surface area (Å²) in [5.41, 5.74) is 0.267. The van der Waals surface area contributed by atoms with Crippen LogP contribution >= 0.6 is 0 Å². The summed E-state index contributed by atoms with van der Waals surface area (Å²) >= 11 is 0. The number of hydrogen-bond acceptors (Lipinski definition) is 2. The zero-order valence-corrected chi connectivity index (χ0v) is 8.62. The lowest BCUT2D eigenvalue weighted by Crippen LogP contribution is -2.29. The minimum atomic E-state index is -0.814. The van der Waals surface area contributed by atoms with Gasteiger partial charge in [-0.25, -0.2) is 4.39 Å². The maximum absolute atomic E-state index is 13.1. The fraction of sp³-hybridized carbons (Fsp3) is 0.400. The summed E-state index contributed by atoms with van der Waals surface area (Å²) in [5.74, 6) is 0.174. The smallest absolute Gasteiger partial charge is 0.323 e. The van der Waals surface area contributed by atoms with E-state index in [1.807, 2.05) is 13.8 Å². The molecule has 0 amide bonds. The molecule has 2 nitrogen and oxygen atoms in total. The molecule has 0 unspecified atom stereocenters. The van der Waals surface area contributed by atoms with Crippen LogP contribution in [-0.2, 0) is 0 Å². The monoisotopic (exact) mass is 196 g/mol. The third-order valence-corrected chi connectivity index (χ3v) is 1.79. The van der Waals surface area contributed by atoms with Gasteiger partial charge in [-0.3, -0.25) is 0 Å². The maximum atomic E-state index is 13.1. The van der Waals surface area contributed by atoms with Crippen LogP contribution in [0.5, 0.6) is 5.75 Å². The molecule has 0 fully saturated rings. The van der Waals surface area contributed by atoms with Crippen molar-refractivity contribution in [3.63, 3.8) is 0 Å². The van der Waals surface area contributed by atoms with Gasteiger partial charge in [0.1, 0.15) is 11.6 Å². The molecule has 1 N–H and O–H groups in total. The normalized spacial score (nSPS) is 10.4. The number of hydrogen-bond donors (Lipinski definition) is 1. The molecule has 1 aromatic carbocycles. The van der Waals surface area contributed by atoms with Gasteiger partial charge in [-0.15, -0.1) is 0 Å². The van der Waals surface area contributed by atoms with E-state index < -0.39 is 12.7 Å². The fourth-order valence-electron chi connectivity index (χ4n) is 1.19. The Labute approximate surface area is 83.8 Å². The Morgan fingerprint density at radius 2 is 2.07 bits per heavy atom. The van der Waals surface area contributed by atoms with E-state index in [0.29, 0.717) is 5.75 Å². The Morgan fingerprint density at radius 3 is 2.57 bits per heavy atom. The molecule has 4 heteroatoms. The number of benzene rings is 1. The fourth-order valence-corrected chi connectivity index (χ4v) is 1.19. The van der Waals surface area contributed by atoms with Crippen molar-refractivity contribution in [3.8, 4) is 5.75 Å². The first-order valence-corrected chi connectivity index (χ1v) is 4.65. The molecular formula is C10H14BFO2. The van der Waals surface area contributed by atoms with Crippen molar-refractivity contribution in [1.29, 1.82) is 0 Å². The molecule has 0 aliphatic heterocycles. The van der Waals surface area contributed by atoms with E-state index in [4.69, 9.17) is 4.74 Å². The SMILES string of the molecule is CB(O)c1cc(OC(C)C)ccc1F. The second-order valence-electron chi connectivity index (χ2n) is 3.53. The summed E-state index contributed by atoms with van der Waals surface area (Å²) in [7, 11) is 0. The number of rotatable bonds is 3. The van der Waals surface area contributed by atoms with Crippen LogP contribution in [0.4, 0.5) is 4.39 Å². The summed E-state index contributed by atoms with van der Waals surface area (Å²) in [6.07, 6.45) is 0.0438. The highest BCUT2D eigenvalue weighted by Crippen LogP contribution is 2.12. The first-order valence-electron chi connectivity index (χ1n) is 4.65. The predicted molar refractivity (Wildman–Crippen MR) is 55.6 cm³/mol. The lowest BCUT2D eigenvalue weighted by Gasteiger charge is -2.11. The highest BCUT2D eigenvalue weighted by Gasteiger charge is 2.13. The van der Waals surface area contributed by atoms with E-state index >= 15 is 0 Å². The molecule has 14 heavy (non-hydrogen) atoms. The van der Waals surface area contributed by atoms with E-state index in [1.165, 1.54) is 19.0 Å². The average Bonchev–Trinajstić information content (AvgIpc) is 2.07. The molecule has 0 saturated carbocycles. The summed E-state index contributed by atoms with van der Waals surface area (Å²) in [4.78, 5) is 0. The van der Waals surface area contributed by atoms with Crippen LogP contribution in [0.3, 0.4) is 0 Å². The summed E-state index contributed by atoms with van der Waals surface area (Å²) in [6, 6.07) is 4.39. The van der Waals surface area contributed by atoms with E-state index in [0.717, 1.165) is 0 Å². The quantitative estimate of drug-likeness (QED) is 0.741. The largest absolute Gasteiger partial charge is 0.491 e. The number of ether oxygens (including phenoxy) is 1. The van der Waals surface area contributed by atoms with Gasteiger partial charge in [-0.05, 0) is 37.5 Å². The van der Waals surface area contributed by atoms with Gasteiger partial charge in [0.15, 0.2) is 0 Å². The maximum Gasteiger partial charge on any atom is 0.323 e. The molecule has 0 aromatic heterocycles. The Balaban J connectivity index is 2.94. The van der Waals surface area contributed by atoms with Crippen LogP contribution in [-0.4, -0.2) is 18.0 Å². The zero-order valence-electron chi connectivity index (χ0n) is 8.62. The van der Waals surface area contributed by atoms with Gasteiger partial charge >= 0.3 is 6.92 Å². The lowest BCUT2D eigenvalue weighted by molar-refractivity contribution is 0.242. The minimum Gasteiger partial charge on any atom is -0.491 e. The number of halogens is 1. The molecule has 0 aliphatic rings. The van der Waals surface area contributed by atoms with Gasteiger partial charge in [0.2, 0.25) is 0 Å². The van der Waals surface area contributed by atoms with Crippen LogP contribution in [0.15, 0.2) is 18.2 Å². The van der Waals surface area contributed by atoms with Crippen molar-refractivity contribution in [3.05, 3.63) is 24.0 Å². The van der Waals surface area contributed by atoms with Crippen LogP contribution in [0, 0.1) is 5.82 Å². The van der Waals surface area contributed by atoms with Crippen LogP contribution in [0.2, 0.25) is 6.82 Å². The van der Waals surface area contributed by atoms with E-state index in [9.17, 15) is 9.41 Å². The van der Waals surface area contributed by atoms with Gasteiger partial charge in [0.05, 0.1) is 6.10 Å². The minimum absolute atomic E-state index is 0.0438. The van der Waals surface area contributed by atoms with Crippen molar-refractivity contribution in [2.45, 2.75) is 26.8 Å². The lowest BCUT2D eigenvalue weighted by atomic mass is 9.64. The van der Waals surface area contributed by atoms with Crippen LogP contribution in [0.25, 0.3) is 0 Å². The molecule has 0 aliphatic carbocycles. The molecule has 0 bridgehead atoms. The molecule has 0 saturated heterocycles. The molecule has 0 heterocycles. The van der Waals surface area contributed by atoms with Gasteiger partial charge in [0.25, 0.3) is 0 Å². The Kier molecular flexibility index (Phi) is 3.52. The van der Waals surface area contributed by atoms with Crippen molar-refractivity contribution in [2.24, 2.45) is 0 Å². The third kappa shape index (κ3) is 2.74. The second kappa shape index (κ2) is 4.46.